The van der Waals surface area contributed by atoms with Gasteiger partial charge in [-0.15, -0.1) is 0 Å². The summed E-state index contributed by atoms with van der Waals surface area (Å²) >= 11 is 0. The number of aryl methyl sites for hydroxylation is 3. The Labute approximate surface area is 233 Å². The lowest BCUT2D eigenvalue weighted by atomic mass is 9.88. The third kappa shape index (κ3) is 5.66. The summed E-state index contributed by atoms with van der Waals surface area (Å²) in [6, 6.07) is 23.9. The number of aliphatic carboxylic acids is 1. The van der Waals surface area contributed by atoms with Gasteiger partial charge in [-0.05, 0) is 41.7 Å². The Kier molecular flexibility index (Phi) is 7.77. The van der Waals surface area contributed by atoms with Crippen LogP contribution < -0.4 is 5.32 Å². The van der Waals surface area contributed by atoms with Gasteiger partial charge in [0.2, 0.25) is 11.8 Å². The Morgan fingerprint density at radius 2 is 1.65 bits per heavy atom. The molecule has 2 amide bonds. The van der Waals surface area contributed by atoms with Crippen LogP contribution in [0.1, 0.15) is 46.5 Å². The summed E-state index contributed by atoms with van der Waals surface area (Å²) in [6.07, 6.45) is 2.64. The van der Waals surface area contributed by atoms with Crippen LogP contribution in [0.15, 0.2) is 85.2 Å². The molecule has 2 N–H and O–H groups in total. The first-order chi connectivity index (χ1) is 19.3. The van der Waals surface area contributed by atoms with Gasteiger partial charge >= 0.3 is 5.97 Å². The van der Waals surface area contributed by atoms with E-state index in [4.69, 9.17) is 0 Å². The van der Waals surface area contributed by atoms with Crippen molar-refractivity contribution in [2.24, 2.45) is 0 Å². The summed E-state index contributed by atoms with van der Waals surface area (Å²) in [5, 5.41) is 13.0. The predicted molar refractivity (Wildman–Crippen MR) is 152 cm³/mol. The van der Waals surface area contributed by atoms with Crippen molar-refractivity contribution in [3.63, 3.8) is 0 Å². The van der Waals surface area contributed by atoms with E-state index in [2.05, 4.69) is 10.3 Å². The molecule has 2 heterocycles. The molecular weight excluding hydrogens is 504 g/mol. The molecule has 204 valence electrons. The number of carbonyl (C=O) groups excluding carboxylic acids is 2. The van der Waals surface area contributed by atoms with E-state index in [-0.39, 0.29) is 24.8 Å². The summed E-state index contributed by atoms with van der Waals surface area (Å²) in [5.74, 6) is -2.01. The Morgan fingerprint density at radius 1 is 1.00 bits per heavy atom. The molecule has 1 aromatic heterocycles. The van der Waals surface area contributed by atoms with Gasteiger partial charge in [0, 0.05) is 31.3 Å². The fraction of sp³-hybridized carbons (Fsp3) is 0.250. The molecule has 0 aliphatic carbocycles. The van der Waals surface area contributed by atoms with Crippen molar-refractivity contribution in [3.05, 3.63) is 119 Å². The first-order valence-electron chi connectivity index (χ1n) is 13.3. The first-order valence-corrected chi connectivity index (χ1v) is 13.3. The Morgan fingerprint density at radius 3 is 2.23 bits per heavy atom. The van der Waals surface area contributed by atoms with E-state index in [0.717, 1.165) is 39.3 Å². The maximum Gasteiger partial charge on any atom is 0.326 e. The number of imidazole rings is 1. The maximum absolute atomic E-state index is 14.1. The SMILES string of the molecule is CC(=O)Nc1ccc(CCn2cnc3c2C[C@@H](C(=O)O)N(C(=O)C(c2ccccc2)c2ccccc2)C3)cc1C. The van der Waals surface area contributed by atoms with Crippen LogP contribution in [0.3, 0.4) is 0 Å². The molecule has 0 spiro atoms. The van der Waals surface area contributed by atoms with Crippen LogP contribution in [0.4, 0.5) is 5.69 Å². The number of amides is 2. The van der Waals surface area contributed by atoms with Crippen molar-refractivity contribution < 1.29 is 19.5 Å². The molecule has 1 atom stereocenters. The van der Waals surface area contributed by atoms with Crippen LogP contribution in [0, 0.1) is 6.92 Å². The third-order valence-electron chi connectivity index (χ3n) is 7.44. The summed E-state index contributed by atoms with van der Waals surface area (Å²) < 4.78 is 2.00. The van der Waals surface area contributed by atoms with Crippen molar-refractivity contribution >= 4 is 23.5 Å². The number of carboxylic acids is 1. The number of carboxylic acid groups (broad SMARTS) is 1. The molecule has 3 aromatic carbocycles. The topological polar surface area (TPSA) is 105 Å². The van der Waals surface area contributed by atoms with Gasteiger partial charge in [-0.3, -0.25) is 9.59 Å². The van der Waals surface area contributed by atoms with Crippen LogP contribution in [0.25, 0.3) is 0 Å². The molecule has 0 fully saturated rings. The fourth-order valence-electron chi connectivity index (χ4n) is 5.42. The number of hydrogen-bond donors (Lipinski definition) is 2. The van der Waals surface area contributed by atoms with E-state index in [0.29, 0.717) is 13.0 Å². The number of carbonyl (C=O) groups is 3. The Balaban J connectivity index is 1.38. The number of benzene rings is 3. The predicted octanol–water partition coefficient (Wildman–Crippen LogP) is 4.56. The smallest absolute Gasteiger partial charge is 0.326 e. The highest BCUT2D eigenvalue weighted by molar-refractivity contribution is 5.91. The average Bonchev–Trinajstić information content (AvgIpc) is 3.35. The summed E-state index contributed by atoms with van der Waals surface area (Å²) in [6.45, 7) is 4.20. The molecule has 5 rings (SSSR count). The highest BCUT2D eigenvalue weighted by Gasteiger charge is 2.40. The van der Waals surface area contributed by atoms with Crippen molar-refractivity contribution in [2.45, 2.75) is 51.7 Å². The van der Waals surface area contributed by atoms with E-state index in [9.17, 15) is 19.5 Å². The molecule has 0 bridgehead atoms. The van der Waals surface area contributed by atoms with E-state index in [1.54, 1.807) is 6.33 Å². The second-order valence-corrected chi connectivity index (χ2v) is 10.2. The average molecular weight is 537 g/mol. The van der Waals surface area contributed by atoms with Crippen LogP contribution in [-0.4, -0.2) is 43.4 Å². The number of aromatic nitrogens is 2. The summed E-state index contributed by atoms with van der Waals surface area (Å²) in [7, 11) is 0. The quantitative estimate of drug-likeness (QED) is 0.344. The molecule has 8 nitrogen and oxygen atoms in total. The van der Waals surface area contributed by atoms with Gasteiger partial charge in [-0.25, -0.2) is 9.78 Å². The Bertz CT molecular complexity index is 1490. The van der Waals surface area contributed by atoms with Crippen molar-refractivity contribution in [1.82, 2.24) is 14.5 Å². The lowest BCUT2D eigenvalue weighted by Crippen LogP contribution is -2.50. The lowest BCUT2D eigenvalue weighted by Gasteiger charge is -2.35. The van der Waals surface area contributed by atoms with Crippen LogP contribution in [0.5, 0.6) is 0 Å². The second-order valence-electron chi connectivity index (χ2n) is 10.2. The van der Waals surface area contributed by atoms with Gasteiger partial charge in [0.1, 0.15) is 6.04 Å². The number of fused-ring (bicyclic) bond motifs is 1. The van der Waals surface area contributed by atoms with E-state index in [1.807, 2.05) is 90.4 Å². The van der Waals surface area contributed by atoms with Crippen LogP contribution in [-0.2, 0) is 40.3 Å². The largest absolute Gasteiger partial charge is 0.480 e. The summed E-state index contributed by atoms with van der Waals surface area (Å²) in [5.41, 5.74) is 6.08. The number of rotatable bonds is 8. The zero-order chi connectivity index (χ0) is 28.2. The third-order valence-corrected chi connectivity index (χ3v) is 7.44. The van der Waals surface area contributed by atoms with Gasteiger partial charge in [-0.2, -0.15) is 0 Å². The minimum absolute atomic E-state index is 0.111. The number of nitrogens with zero attached hydrogens (tertiary/aromatic N) is 3. The van der Waals surface area contributed by atoms with E-state index < -0.39 is 17.9 Å². The zero-order valence-corrected chi connectivity index (χ0v) is 22.6. The van der Waals surface area contributed by atoms with Gasteiger partial charge in [0.25, 0.3) is 0 Å². The molecule has 0 unspecified atom stereocenters. The number of nitrogens with one attached hydrogen (secondary N) is 1. The van der Waals surface area contributed by atoms with E-state index in [1.165, 1.54) is 11.8 Å². The fourth-order valence-corrected chi connectivity index (χ4v) is 5.42. The molecule has 0 radical (unpaired) electrons. The van der Waals surface area contributed by atoms with Crippen molar-refractivity contribution in [1.29, 1.82) is 0 Å². The van der Waals surface area contributed by atoms with Crippen LogP contribution in [0.2, 0.25) is 0 Å². The first kappa shape index (κ1) is 26.9. The van der Waals surface area contributed by atoms with Crippen LogP contribution >= 0.6 is 0 Å². The van der Waals surface area contributed by atoms with Gasteiger partial charge < -0.3 is 19.9 Å². The standard InChI is InChI=1S/C32H32N4O4/c1-21-17-23(13-14-26(21)34-22(2)37)15-16-35-20-33-27-19-36(29(32(39)40)18-28(27)35)31(38)30(24-9-5-3-6-10-24)25-11-7-4-8-12-25/h3-14,17,20,29-30H,15-16,18-19H2,1-2H3,(H,34,37)(H,39,40)/t29-/m0/s1. The van der Waals surface area contributed by atoms with Gasteiger partial charge in [0.15, 0.2) is 0 Å². The van der Waals surface area contributed by atoms with Crippen molar-refractivity contribution in [2.75, 3.05) is 5.32 Å². The minimum atomic E-state index is -1.03. The summed E-state index contributed by atoms with van der Waals surface area (Å²) in [4.78, 5) is 44.0. The number of anilines is 1. The molecule has 0 saturated heterocycles. The minimum Gasteiger partial charge on any atom is -0.480 e. The zero-order valence-electron chi connectivity index (χ0n) is 22.6. The maximum atomic E-state index is 14.1. The van der Waals surface area contributed by atoms with Gasteiger partial charge in [0.05, 0.1) is 24.5 Å². The van der Waals surface area contributed by atoms with E-state index >= 15 is 0 Å². The normalized spacial score (nSPS) is 14.6. The second kappa shape index (κ2) is 11.6. The monoisotopic (exact) mass is 536 g/mol. The molecular formula is C32H32N4O4. The molecule has 40 heavy (non-hydrogen) atoms. The lowest BCUT2D eigenvalue weighted by molar-refractivity contribution is -0.151. The highest BCUT2D eigenvalue weighted by atomic mass is 16.4. The molecule has 1 aliphatic rings. The molecule has 1 aliphatic heterocycles. The van der Waals surface area contributed by atoms with Crippen molar-refractivity contribution in [3.8, 4) is 0 Å². The highest BCUT2D eigenvalue weighted by Crippen LogP contribution is 2.32. The molecule has 8 heteroatoms. The Hall–Kier alpha value is -4.72. The molecule has 0 saturated carbocycles. The van der Waals surface area contributed by atoms with Gasteiger partial charge in [-0.1, -0.05) is 72.8 Å². The number of hydrogen-bond acceptors (Lipinski definition) is 4. The molecule has 4 aromatic rings.